The Hall–Kier alpha value is -0.540. The molecule has 0 amide bonds. The Labute approximate surface area is 76.1 Å². The summed E-state index contributed by atoms with van der Waals surface area (Å²) in [5.41, 5.74) is 0. The van der Waals surface area contributed by atoms with Crippen molar-refractivity contribution in [1.82, 2.24) is 0 Å². The molecule has 0 saturated carbocycles. The standard InChI is InChI=1S/C9H11FOS/c10-7-4-8-11-12-9-5-2-1-3-6-9/h1-3,5-6H,4,7-8H2. The third kappa shape index (κ3) is 3.74. The maximum Gasteiger partial charge on any atom is 0.0916 e. The minimum absolute atomic E-state index is 0.310. The number of alkyl halides is 1. The van der Waals surface area contributed by atoms with Crippen LogP contribution >= 0.6 is 12.0 Å². The minimum Gasteiger partial charge on any atom is -0.310 e. The average molecular weight is 186 g/mol. The molecule has 66 valence electrons. The summed E-state index contributed by atoms with van der Waals surface area (Å²) in [6.07, 6.45) is 0.472. The maximum absolute atomic E-state index is 11.6. The summed E-state index contributed by atoms with van der Waals surface area (Å²) >= 11 is 1.29. The highest BCUT2D eigenvalue weighted by atomic mass is 32.2. The Morgan fingerprint density at radius 2 is 2.00 bits per heavy atom. The van der Waals surface area contributed by atoms with Gasteiger partial charge in [0.25, 0.3) is 0 Å². The molecule has 1 aromatic rings. The third-order valence-electron chi connectivity index (χ3n) is 1.26. The molecule has 0 aliphatic carbocycles. The van der Waals surface area contributed by atoms with Crippen LogP contribution in [0.5, 0.6) is 0 Å². The lowest BCUT2D eigenvalue weighted by Crippen LogP contribution is -1.87. The van der Waals surface area contributed by atoms with Crippen LogP contribution in [-0.2, 0) is 4.18 Å². The summed E-state index contributed by atoms with van der Waals surface area (Å²) in [4.78, 5) is 1.05. The van der Waals surface area contributed by atoms with Crippen molar-refractivity contribution in [2.24, 2.45) is 0 Å². The first-order valence-corrected chi connectivity index (χ1v) is 4.58. The van der Waals surface area contributed by atoms with Gasteiger partial charge in [-0.3, -0.25) is 4.39 Å². The van der Waals surface area contributed by atoms with Crippen LogP contribution in [0.3, 0.4) is 0 Å². The van der Waals surface area contributed by atoms with Crippen molar-refractivity contribution < 1.29 is 8.57 Å². The quantitative estimate of drug-likeness (QED) is 0.516. The highest BCUT2D eigenvalue weighted by Gasteiger charge is 1.92. The van der Waals surface area contributed by atoms with E-state index in [0.29, 0.717) is 13.0 Å². The summed E-state index contributed by atoms with van der Waals surface area (Å²) in [7, 11) is 0. The smallest absolute Gasteiger partial charge is 0.0916 e. The SMILES string of the molecule is FCCCOSc1ccccc1. The second-order valence-electron chi connectivity index (χ2n) is 2.26. The van der Waals surface area contributed by atoms with Gasteiger partial charge in [-0.1, -0.05) is 18.2 Å². The number of rotatable bonds is 5. The molecule has 0 aromatic heterocycles. The van der Waals surface area contributed by atoms with Gasteiger partial charge in [0.05, 0.1) is 13.3 Å². The molecule has 1 aromatic carbocycles. The summed E-state index contributed by atoms with van der Waals surface area (Å²) in [6.45, 7) is 0.158. The van der Waals surface area contributed by atoms with E-state index >= 15 is 0 Å². The Morgan fingerprint density at radius 1 is 1.25 bits per heavy atom. The van der Waals surface area contributed by atoms with E-state index in [1.54, 1.807) is 0 Å². The molecule has 0 atom stereocenters. The molecule has 0 fully saturated rings. The lowest BCUT2D eigenvalue weighted by atomic mass is 10.4. The molecule has 0 heterocycles. The van der Waals surface area contributed by atoms with Gasteiger partial charge in [0, 0.05) is 23.4 Å². The normalized spacial score (nSPS) is 10.1. The van der Waals surface area contributed by atoms with Crippen LogP contribution in [-0.4, -0.2) is 13.3 Å². The molecule has 0 N–H and O–H groups in total. The van der Waals surface area contributed by atoms with Crippen molar-refractivity contribution in [2.45, 2.75) is 11.3 Å². The van der Waals surface area contributed by atoms with E-state index in [0.717, 1.165) is 4.90 Å². The van der Waals surface area contributed by atoms with Crippen molar-refractivity contribution >= 4 is 12.0 Å². The van der Waals surface area contributed by atoms with E-state index in [1.165, 1.54) is 12.0 Å². The number of hydrogen-bond acceptors (Lipinski definition) is 2. The third-order valence-corrected chi connectivity index (χ3v) is 2.01. The molecule has 12 heavy (non-hydrogen) atoms. The van der Waals surface area contributed by atoms with E-state index in [2.05, 4.69) is 0 Å². The van der Waals surface area contributed by atoms with Crippen molar-refractivity contribution in [1.29, 1.82) is 0 Å². The van der Waals surface area contributed by atoms with Gasteiger partial charge in [-0.15, -0.1) is 0 Å². The fraction of sp³-hybridized carbons (Fsp3) is 0.333. The molecule has 0 spiro atoms. The highest BCUT2D eigenvalue weighted by molar-refractivity contribution is 7.94. The van der Waals surface area contributed by atoms with Crippen LogP contribution < -0.4 is 0 Å². The van der Waals surface area contributed by atoms with E-state index in [4.69, 9.17) is 4.18 Å². The largest absolute Gasteiger partial charge is 0.310 e. The predicted octanol–water partition coefficient (Wildman–Crippen LogP) is 3.07. The molecule has 0 bridgehead atoms. The monoisotopic (exact) mass is 186 g/mol. The molecule has 0 aliphatic heterocycles. The molecule has 0 saturated heterocycles. The van der Waals surface area contributed by atoms with Crippen molar-refractivity contribution in [2.75, 3.05) is 13.3 Å². The van der Waals surface area contributed by atoms with E-state index in [-0.39, 0.29) is 6.67 Å². The summed E-state index contributed by atoms with van der Waals surface area (Å²) in [5.74, 6) is 0. The van der Waals surface area contributed by atoms with Gasteiger partial charge >= 0.3 is 0 Å². The van der Waals surface area contributed by atoms with Crippen LogP contribution in [0.25, 0.3) is 0 Å². The molecule has 0 unspecified atom stereocenters. The fourth-order valence-corrected chi connectivity index (χ4v) is 1.30. The van der Waals surface area contributed by atoms with Gasteiger partial charge in [0.2, 0.25) is 0 Å². The average Bonchev–Trinajstić information content (AvgIpc) is 2.14. The molecule has 0 aliphatic rings. The summed E-state index contributed by atoms with van der Waals surface area (Å²) in [6, 6.07) is 9.76. The number of halogens is 1. The topological polar surface area (TPSA) is 9.23 Å². The summed E-state index contributed by atoms with van der Waals surface area (Å²) < 4.78 is 16.8. The second kappa shape index (κ2) is 6.03. The first-order chi connectivity index (χ1) is 5.93. The highest BCUT2D eigenvalue weighted by Crippen LogP contribution is 2.17. The number of hydrogen-bond donors (Lipinski definition) is 0. The van der Waals surface area contributed by atoms with Gasteiger partial charge in [0.15, 0.2) is 0 Å². The molecule has 1 rings (SSSR count). The van der Waals surface area contributed by atoms with E-state index in [1.807, 2.05) is 30.3 Å². The Bertz CT molecular complexity index is 203. The zero-order valence-corrected chi connectivity index (χ0v) is 7.52. The molecule has 0 radical (unpaired) electrons. The lowest BCUT2D eigenvalue weighted by molar-refractivity contribution is 0.331. The van der Waals surface area contributed by atoms with E-state index < -0.39 is 0 Å². The predicted molar refractivity (Wildman–Crippen MR) is 48.8 cm³/mol. The van der Waals surface area contributed by atoms with Crippen molar-refractivity contribution in [3.05, 3.63) is 30.3 Å². The zero-order valence-electron chi connectivity index (χ0n) is 6.70. The zero-order chi connectivity index (χ0) is 8.65. The minimum atomic E-state index is -0.310. The van der Waals surface area contributed by atoms with Crippen LogP contribution in [0, 0.1) is 0 Å². The molecular formula is C9H11FOS. The Balaban J connectivity index is 2.16. The Kier molecular flexibility index (Phi) is 4.80. The van der Waals surface area contributed by atoms with Crippen molar-refractivity contribution in [3.8, 4) is 0 Å². The maximum atomic E-state index is 11.6. The second-order valence-corrected chi connectivity index (χ2v) is 3.13. The van der Waals surface area contributed by atoms with Gasteiger partial charge in [-0.2, -0.15) is 0 Å². The Morgan fingerprint density at radius 3 is 2.67 bits per heavy atom. The first kappa shape index (κ1) is 9.55. The summed E-state index contributed by atoms with van der Waals surface area (Å²) in [5, 5.41) is 0. The lowest BCUT2D eigenvalue weighted by Gasteiger charge is -1.99. The van der Waals surface area contributed by atoms with Crippen LogP contribution in [0.15, 0.2) is 35.2 Å². The molecule has 1 nitrogen and oxygen atoms in total. The van der Waals surface area contributed by atoms with Crippen LogP contribution in [0.1, 0.15) is 6.42 Å². The van der Waals surface area contributed by atoms with E-state index in [9.17, 15) is 4.39 Å². The van der Waals surface area contributed by atoms with Gasteiger partial charge in [0.1, 0.15) is 0 Å². The first-order valence-electron chi connectivity index (χ1n) is 3.84. The van der Waals surface area contributed by atoms with Gasteiger partial charge in [-0.05, 0) is 12.1 Å². The fourth-order valence-electron chi connectivity index (χ4n) is 0.699. The van der Waals surface area contributed by atoms with Crippen LogP contribution in [0.4, 0.5) is 4.39 Å². The van der Waals surface area contributed by atoms with Gasteiger partial charge < -0.3 is 4.18 Å². The van der Waals surface area contributed by atoms with Gasteiger partial charge in [-0.25, -0.2) is 0 Å². The molecular weight excluding hydrogens is 175 g/mol. The molecule has 3 heteroatoms. The van der Waals surface area contributed by atoms with Crippen molar-refractivity contribution in [3.63, 3.8) is 0 Å². The van der Waals surface area contributed by atoms with Crippen LogP contribution in [0.2, 0.25) is 0 Å². The number of benzene rings is 1.